The molecule has 0 aromatic carbocycles. The zero-order valence-electron chi connectivity index (χ0n) is 9.26. The van der Waals surface area contributed by atoms with Gasteiger partial charge in [-0.15, -0.1) is 11.6 Å². The molecule has 0 amide bonds. The molecule has 0 fully saturated rings. The van der Waals surface area contributed by atoms with Crippen molar-refractivity contribution in [2.24, 2.45) is 0 Å². The molecular weight excluding hydrogens is 196 g/mol. The van der Waals surface area contributed by atoms with Crippen molar-refractivity contribution in [1.82, 2.24) is 9.78 Å². The third-order valence-corrected chi connectivity index (χ3v) is 2.66. The van der Waals surface area contributed by atoms with Crippen LogP contribution in [0.3, 0.4) is 0 Å². The van der Waals surface area contributed by atoms with Gasteiger partial charge < -0.3 is 0 Å². The van der Waals surface area contributed by atoms with Gasteiger partial charge in [0.05, 0.1) is 12.1 Å². The van der Waals surface area contributed by atoms with Crippen molar-refractivity contribution in [2.75, 3.05) is 0 Å². The molecule has 0 aliphatic heterocycles. The van der Waals surface area contributed by atoms with Crippen LogP contribution in [0.15, 0.2) is 6.20 Å². The predicted molar refractivity (Wildman–Crippen MR) is 60.8 cm³/mol. The van der Waals surface area contributed by atoms with Crippen LogP contribution >= 0.6 is 11.6 Å². The van der Waals surface area contributed by atoms with Crippen molar-refractivity contribution in [3.8, 4) is 0 Å². The second kappa shape index (κ2) is 5.40. The summed E-state index contributed by atoms with van der Waals surface area (Å²) in [6.45, 7) is 7.59. The van der Waals surface area contributed by atoms with E-state index in [9.17, 15) is 0 Å². The highest BCUT2D eigenvalue weighted by molar-refractivity contribution is 6.17. The van der Waals surface area contributed by atoms with Gasteiger partial charge in [-0.05, 0) is 12.3 Å². The van der Waals surface area contributed by atoms with Gasteiger partial charge in [-0.25, -0.2) is 0 Å². The minimum Gasteiger partial charge on any atom is -0.269 e. The number of alkyl halides is 1. The Kier molecular flexibility index (Phi) is 4.46. The van der Waals surface area contributed by atoms with Gasteiger partial charge in [0.1, 0.15) is 0 Å². The van der Waals surface area contributed by atoms with Crippen LogP contribution < -0.4 is 0 Å². The normalized spacial score (nSPS) is 11.2. The second-order valence-electron chi connectivity index (χ2n) is 3.92. The molecule has 0 radical (unpaired) electrons. The molecule has 0 saturated carbocycles. The first-order chi connectivity index (χ1) is 6.70. The molecule has 1 heterocycles. The highest BCUT2D eigenvalue weighted by Gasteiger charge is 2.12. The van der Waals surface area contributed by atoms with Crippen molar-refractivity contribution in [2.45, 2.75) is 52.0 Å². The molecule has 0 bridgehead atoms. The number of halogens is 1. The van der Waals surface area contributed by atoms with Crippen LogP contribution in [0.4, 0.5) is 0 Å². The zero-order chi connectivity index (χ0) is 10.6. The van der Waals surface area contributed by atoms with Crippen molar-refractivity contribution in [3.63, 3.8) is 0 Å². The first-order valence-corrected chi connectivity index (χ1v) is 5.84. The minimum absolute atomic E-state index is 0.503. The van der Waals surface area contributed by atoms with Crippen LogP contribution in [0.5, 0.6) is 0 Å². The summed E-state index contributed by atoms with van der Waals surface area (Å²) in [4.78, 5) is 0. The molecule has 0 atom stereocenters. The third kappa shape index (κ3) is 2.50. The molecule has 0 aliphatic rings. The largest absolute Gasteiger partial charge is 0.269 e. The Morgan fingerprint density at radius 2 is 2.21 bits per heavy atom. The Bertz CT molecular complexity index is 279. The summed E-state index contributed by atoms with van der Waals surface area (Å²) in [5.74, 6) is 1.07. The molecule has 0 N–H and O–H groups in total. The van der Waals surface area contributed by atoms with E-state index in [-0.39, 0.29) is 0 Å². The number of hydrogen-bond acceptors (Lipinski definition) is 1. The van der Waals surface area contributed by atoms with E-state index in [1.165, 1.54) is 24.1 Å². The number of unbranched alkanes of at least 4 members (excludes halogenated alkanes) is 1. The summed E-state index contributed by atoms with van der Waals surface area (Å²) in [6, 6.07) is 0. The maximum atomic E-state index is 5.87. The zero-order valence-corrected chi connectivity index (χ0v) is 10.0. The second-order valence-corrected chi connectivity index (χ2v) is 4.19. The molecule has 1 aromatic heterocycles. The van der Waals surface area contributed by atoms with Crippen molar-refractivity contribution < 1.29 is 0 Å². The smallest absolute Gasteiger partial charge is 0.0536 e. The first-order valence-electron chi connectivity index (χ1n) is 5.31. The summed E-state index contributed by atoms with van der Waals surface area (Å²) in [5.41, 5.74) is 2.48. The number of nitrogens with zero attached hydrogens (tertiary/aromatic N) is 2. The van der Waals surface area contributed by atoms with E-state index in [1.54, 1.807) is 0 Å². The lowest BCUT2D eigenvalue weighted by atomic mass is 10.1. The molecule has 0 spiro atoms. The summed E-state index contributed by atoms with van der Waals surface area (Å²) in [5, 5.41) is 4.38. The SMILES string of the molecule is CCCCn1ncc(CCl)c1C(C)C. The molecule has 2 nitrogen and oxygen atoms in total. The van der Waals surface area contributed by atoms with E-state index in [1.807, 2.05) is 6.20 Å². The standard InChI is InChI=1S/C11H19ClN2/c1-4-5-6-14-11(9(2)3)10(7-12)8-13-14/h8-9H,4-7H2,1-3H3. The van der Waals surface area contributed by atoms with Crippen LogP contribution in [0.1, 0.15) is 50.8 Å². The molecule has 80 valence electrons. The Balaban J connectivity index is 2.87. The number of aromatic nitrogens is 2. The van der Waals surface area contributed by atoms with Gasteiger partial charge in [0.2, 0.25) is 0 Å². The molecular formula is C11H19ClN2. The number of rotatable bonds is 5. The van der Waals surface area contributed by atoms with E-state index < -0.39 is 0 Å². The van der Waals surface area contributed by atoms with Crippen LogP contribution in [0, 0.1) is 0 Å². The van der Waals surface area contributed by atoms with Crippen LogP contribution in [0.2, 0.25) is 0 Å². The van der Waals surface area contributed by atoms with E-state index in [2.05, 4.69) is 30.6 Å². The van der Waals surface area contributed by atoms with Crippen molar-refractivity contribution >= 4 is 11.6 Å². The monoisotopic (exact) mass is 214 g/mol. The third-order valence-electron chi connectivity index (χ3n) is 2.37. The van der Waals surface area contributed by atoms with Gasteiger partial charge >= 0.3 is 0 Å². The maximum absolute atomic E-state index is 5.87. The van der Waals surface area contributed by atoms with Gasteiger partial charge in [0.25, 0.3) is 0 Å². The molecule has 0 saturated heterocycles. The highest BCUT2D eigenvalue weighted by Crippen LogP contribution is 2.21. The fourth-order valence-electron chi connectivity index (χ4n) is 1.69. The molecule has 0 unspecified atom stereocenters. The topological polar surface area (TPSA) is 17.8 Å². The Morgan fingerprint density at radius 1 is 1.50 bits per heavy atom. The van der Waals surface area contributed by atoms with Crippen LogP contribution in [0.25, 0.3) is 0 Å². The van der Waals surface area contributed by atoms with Crippen molar-refractivity contribution in [3.05, 3.63) is 17.5 Å². The molecule has 3 heteroatoms. The van der Waals surface area contributed by atoms with Gasteiger partial charge in [-0.1, -0.05) is 27.2 Å². The van der Waals surface area contributed by atoms with Crippen LogP contribution in [-0.4, -0.2) is 9.78 Å². The predicted octanol–water partition coefficient (Wildman–Crippen LogP) is 3.55. The average Bonchev–Trinajstić information content (AvgIpc) is 2.57. The Morgan fingerprint density at radius 3 is 2.71 bits per heavy atom. The van der Waals surface area contributed by atoms with Gasteiger partial charge in [-0.2, -0.15) is 5.10 Å². The average molecular weight is 215 g/mol. The number of aryl methyl sites for hydroxylation is 1. The molecule has 1 rings (SSSR count). The van der Waals surface area contributed by atoms with Gasteiger partial charge in [-0.3, -0.25) is 4.68 Å². The van der Waals surface area contributed by atoms with E-state index >= 15 is 0 Å². The van der Waals surface area contributed by atoms with Crippen molar-refractivity contribution in [1.29, 1.82) is 0 Å². The Labute approximate surface area is 91.3 Å². The van der Waals surface area contributed by atoms with E-state index in [4.69, 9.17) is 11.6 Å². The summed E-state index contributed by atoms with van der Waals surface area (Å²) in [6.07, 6.45) is 4.29. The quantitative estimate of drug-likeness (QED) is 0.686. The van der Waals surface area contributed by atoms with Gasteiger partial charge in [0, 0.05) is 17.8 Å². The van der Waals surface area contributed by atoms with Gasteiger partial charge in [0.15, 0.2) is 0 Å². The summed E-state index contributed by atoms with van der Waals surface area (Å²) < 4.78 is 2.10. The lowest BCUT2D eigenvalue weighted by Crippen LogP contribution is -2.07. The molecule has 0 aliphatic carbocycles. The number of hydrogen-bond donors (Lipinski definition) is 0. The first kappa shape index (κ1) is 11.6. The Hall–Kier alpha value is -0.500. The fourth-order valence-corrected chi connectivity index (χ4v) is 1.90. The fraction of sp³-hybridized carbons (Fsp3) is 0.727. The van der Waals surface area contributed by atoms with Crippen LogP contribution in [-0.2, 0) is 12.4 Å². The lowest BCUT2D eigenvalue weighted by Gasteiger charge is -2.11. The summed E-state index contributed by atoms with van der Waals surface area (Å²) >= 11 is 5.87. The highest BCUT2D eigenvalue weighted by atomic mass is 35.5. The van der Waals surface area contributed by atoms with E-state index in [0.29, 0.717) is 11.8 Å². The molecule has 14 heavy (non-hydrogen) atoms. The lowest BCUT2D eigenvalue weighted by molar-refractivity contribution is 0.534. The molecule has 1 aromatic rings. The minimum atomic E-state index is 0.503. The summed E-state index contributed by atoms with van der Waals surface area (Å²) in [7, 11) is 0. The maximum Gasteiger partial charge on any atom is 0.0536 e. The van der Waals surface area contributed by atoms with E-state index in [0.717, 1.165) is 6.54 Å².